The molecule has 1 saturated heterocycles. The van der Waals surface area contributed by atoms with Gasteiger partial charge in [-0.05, 0) is 50.3 Å². The number of fused-ring (bicyclic) bond motifs is 1. The lowest BCUT2D eigenvalue weighted by atomic mass is 9.56. The van der Waals surface area contributed by atoms with Gasteiger partial charge in [0.25, 0.3) is 0 Å². The van der Waals surface area contributed by atoms with Gasteiger partial charge in [-0.25, -0.2) is 0 Å². The van der Waals surface area contributed by atoms with Gasteiger partial charge in [-0.3, -0.25) is 10.3 Å². The highest BCUT2D eigenvalue weighted by molar-refractivity contribution is 6.09. The SMILES string of the molecule is CCOC1CNC(OC)C(C2CCCC2)(C2(O)C(=NC)Nc3ccc(O)cc32)C1. The predicted molar refractivity (Wildman–Crippen MR) is 112 cm³/mol. The minimum Gasteiger partial charge on any atom is -0.508 e. The number of nitrogens with zero attached hydrogens (tertiary/aromatic N) is 1. The van der Waals surface area contributed by atoms with Crippen molar-refractivity contribution in [3.63, 3.8) is 0 Å². The summed E-state index contributed by atoms with van der Waals surface area (Å²) in [5.41, 5.74) is -0.673. The number of phenols is 1. The summed E-state index contributed by atoms with van der Waals surface area (Å²) in [6, 6.07) is 5.09. The van der Waals surface area contributed by atoms with Crippen molar-refractivity contribution in [2.75, 3.05) is 32.6 Å². The van der Waals surface area contributed by atoms with E-state index in [1.807, 2.05) is 6.92 Å². The zero-order valence-corrected chi connectivity index (χ0v) is 17.6. The van der Waals surface area contributed by atoms with Crippen molar-refractivity contribution in [3.8, 4) is 5.75 Å². The van der Waals surface area contributed by atoms with Crippen molar-refractivity contribution in [1.82, 2.24) is 5.32 Å². The molecule has 2 fully saturated rings. The molecule has 7 nitrogen and oxygen atoms in total. The van der Waals surface area contributed by atoms with Crippen LogP contribution in [0.15, 0.2) is 23.2 Å². The van der Waals surface area contributed by atoms with Crippen LogP contribution in [0.4, 0.5) is 5.69 Å². The molecule has 2 aliphatic heterocycles. The summed E-state index contributed by atoms with van der Waals surface area (Å²) in [5, 5.41) is 29.6. The Balaban J connectivity index is 1.94. The highest BCUT2D eigenvalue weighted by Gasteiger charge is 2.67. The Morgan fingerprint density at radius 2 is 2.03 bits per heavy atom. The van der Waals surface area contributed by atoms with Gasteiger partial charge in [0, 0.05) is 38.6 Å². The first kappa shape index (κ1) is 20.6. The molecule has 3 aliphatic rings. The van der Waals surface area contributed by atoms with Crippen LogP contribution in [0, 0.1) is 11.3 Å². The van der Waals surface area contributed by atoms with E-state index in [0.717, 1.165) is 31.4 Å². The molecule has 0 aromatic heterocycles. The minimum atomic E-state index is -1.42. The summed E-state index contributed by atoms with van der Waals surface area (Å²) in [5.74, 6) is 0.869. The minimum absolute atomic E-state index is 0.0320. The number of piperidine rings is 1. The average Bonchev–Trinajstić information content (AvgIpc) is 3.36. The summed E-state index contributed by atoms with van der Waals surface area (Å²) in [7, 11) is 3.39. The number of phenolic OH excluding ortho intramolecular Hbond substituents is 1. The van der Waals surface area contributed by atoms with Crippen LogP contribution in [-0.2, 0) is 15.1 Å². The quantitative estimate of drug-likeness (QED) is 0.565. The highest BCUT2D eigenvalue weighted by atomic mass is 16.5. The lowest BCUT2D eigenvalue weighted by molar-refractivity contribution is -0.202. The van der Waals surface area contributed by atoms with Crippen LogP contribution in [0.2, 0.25) is 0 Å². The van der Waals surface area contributed by atoms with Crippen LogP contribution in [0.1, 0.15) is 44.6 Å². The van der Waals surface area contributed by atoms with E-state index < -0.39 is 11.0 Å². The second-order valence-corrected chi connectivity index (χ2v) is 8.46. The number of ether oxygens (including phenoxy) is 2. The van der Waals surface area contributed by atoms with Gasteiger partial charge in [-0.1, -0.05) is 12.8 Å². The Bertz CT molecular complexity index is 775. The largest absolute Gasteiger partial charge is 0.508 e. The van der Waals surface area contributed by atoms with Crippen molar-refractivity contribution in [3.05, 3.63) is 23.8 Å². The Hall–Kier alpha value is -1.67. The van der Waals surface area contributed by atoms with Crippen LogP contribution in [0.5, 0.6) is 5.75 Å². The number of aliphatic imine (C=N–C) groups is 1. The first-order chi connectivity index (χ1) is 14.0. The molecule has 4 rings (SSSR count). The molecule has 0 radical (unpaired) electrons. The maximum Gasteiger partial charge on any atom is 0.158 e. The molecule has 1 aromatic rings. The lowest BCUT2D eigenvalue weighted by Gasteiger charge is -2.56. The van der Waals surface area contributed by atoms with Crippen molar-refractivity contribution < 1.29 is 19.7 Å². The number of methoxy groups -OCH3 is 1. The van der Waals surface area contributed by atoms with Crippen molar-refractivity contribution >= 4 is 11.5 Å². The third-order valence-electron chi connectivity index (χ3n) is 7.17. The van der Waals surface area contributed by atoms with E-state index in [1.165, 1.54) is 0 Å². The summed E-state index contributed by atoms with van der Waals surface area (Å²) >= 11 is 0. The molecule has 2 heterocycles. The number of rotatable bonds is 5. The molecule has 160 valence electrons. The first-order valence-corrected chi connectivity index (χ1v) is 10.7. The molecular formula is C22H33N3O4. The van der Waals surface area contributed by atoms with Gasteiger partial charge in [0.1, 0.15) is 17.8 Å². The summed E-state index contributed by atoms with van der Waals surface area (Å²) in [4.78, 5) is 4.47. The van der Waals surface area contributed by atoms with Crippen molar-refractivity contribution in [2.45, 2.75) is 57.0 Å². The summed E-state index contributed by atoms with van der Waals surface area (Å²) in [6.45, 7) is 3.29. The first-order valence-electron chi connectivity index (χ1n) is 10.7. The van der Waals surface area contributed by atoms with Gasteiger partial charge in [0.2, 0.25) is 0 Å². The summed E-state index contributed by atoms with van der Waals surface area (Å²) in [6.07, 6.45) is 4.58. The standard InChI is InChI=1S/C22H33N3O4/c1-4-29-16-12-21(14-7-5-6-8-14,20(28-3)24-13-16)22(27)17-11-15(26)9-10-18(17)25-19(22)23-2/h9-11,14,16,20,24,26-27H,4-8,12-13H2,1-3H3,(H,23,25). The number of anilines is 1. The van der Waals surface area contributed by atoms with Gasteiger partial charge in [0.15, 0.2) is 5.60 Å². The molecular weight excluding hydrogens is 370 g/mol. The number of hydrogen-bond acceptors (Lipinski definition) is 6. The molecule has 1 aliphatic carbocycles. The third-order valence-corrected chi connectivity index (χ3v) is 7.17. The Morgan fingerprint density at radius 3 is 2.69 bits per heavy atom. The van der Waals surface area contributed by atoms with E-state index in [-0.39, 0.29) is 24.0 Å². The normalized spacial score (nSPS) is 36.3. The van der Waals surface area contributed by atoms with Crippen molar-refractivity contribution in [2.24, 2.45) is 16.3 Å². The predicted octanol–water partition coefficient (Wildman–Crippen LogP) is 2.58. The molecule has 4 atom stereocenters. The van der Waals surface area contributed by atoms with E-state index in [1.54, 1.807) is 32.4 Å². The van der Waals surface area contributed by atoms with Gasteiger partial charge < -0.3 is 25.0 Å². The van der Waals surface area contributed by atoms with Gasteiger partial charge >= 0.3 is 0 Å². The van der Waals surface area contributed by atoms with E-state index in [4.69, 9.17) is 9.47 Å². The Labute approximate surface area is 172 Å². The van der Waals surface area contributed by atoms with Crippen LogP contribution >= 0.6 is 0 Å². The number of aliphatic hydroxyl groups is 1. The van der Waals surface area contributed by atoms with E-state index in [0.29, 0.717) is 31.0 Å². The van der Waals surface area contributed by atoms with Crippen molar-refractivity contribution in [1.29, 1.82) is 0 Å². The monoisotopic (exact) mass is 403 g/mol. The number of amidine groups is 1. The molecule has 0 bridgehead atoms. The fourth-order valence-corrected chi connectivity index (χ4v) is 6.05. The van der Waals surface area contributed by atoms with E-state index >= 15 is 0 Å². The Morgan fingerprint density at radius 1 is 1.28 bits per heavy atom. The number of benzene rings is 1. The van der Waals surface area contributed by atoms with E-state index in [9.17, 15) is 10.2 Å². The molecule has 4 unspecified atom stereocenters. The topological polar surface area (TPSA) is 95.3 Å². The summed E-state index contributed by atoms with van der Waals surface area (Å²) < 4.78 is 12.0. The number of nitrogens with one attached hydrogen (secondary N) is 2. The maximum absolute atomic E-state index is 12.6. The maximum atomic E-state index is 12.6. The highest BCUT2D eigenvalue weighted by Crippen LogP contribution is 2.61. The van der Waals surface area contributed by atoms with Crippen LogP contribution in [0.25, 0.3) is 0 Å². The second kappa shape index (κ2) is 7.87. The van der Waals surface area contributed by atoms with Crippen LogP contribution < -0.4 is 10.6 Å². The molecule has 29 heavy (non-hydrogen) atoms. The van der Waals surface area contributed by atoms with Gasteiger partial charge in [-0.2, -0.15) is 0 Å². The van der Waals surface area contributed by atoms with Crippen LogP contribution in [-0.4, -0.2) is 55.7 Å². The zero-order chi connectivity index (χ0) is 20.6. The number of aromatic hydroxyl groups is 1. The van der Waals surface area contributed by atoms with Gasteiger partial charge in [-0.15, -0.1) is 0 Å². The smallest absolute Gasteiger partial charge is 0.158 e. The molecule has 7 heteroatoms. The second-order valence-electron chi connectivity index (χ2n) is 8.46. The number of hydrogen-bond donors (Lipinski definition) is 4. The fraction of sp³-hybridized carbons (Fsp3) is 0.682. The molecule has 1 saturated carbocycles. The molecule has 1 aromatic carbocycles. The van der Waals surface area contributed by atoms with E-state index in [2.05, 4.69) is 15.6 Å². The Kier molecular flexibility index (Phi) is 5.59. The zero-order valence-electron chi connectivity index (χ0n) is 17.6. The molecule has 0 spiro atoms. The third kappa shape index (κ3) is 2.98. The van der Waals surface area contributed by atoms with Crippen LogP contribution in [0.3, 0.4) is 0 Å². The molecule has 0 amide bonds. The average molecular weight is 404 g/mol. The fourth-order valence-electron chi connectivity index (χ4n) is 6.05. The lowest BCUT2D eigenvalue weighted by Crippen LogP contribution is -2.68. The molecule has 4 N–H and O–H groups in total. The van der Waals surface area contributed by atoms with Gasteiger partial charge in [0.05, 0.1) is 11.5 Å².